The van der Waals surface area contributed by atoms with E-state index >= 15 is 0 Å². The van der Waals surface area contributed by atoms with Gasteiger partial charge in [0, 0.05) is 26.5 Å². The molecule has 1 fully saturated rings. The van der Waals surface area contributed by atoms with Crippen molar-refractivity contribution in [2.45, 2.75) is 77.2 Å². The van der Waals surface area contributed by atoms with Crippen LogP contribution in [0.15, 0.2) is 36.1 Å². The summed E-state index contributed by atoms with van der Waals surface area (Å²) in [5.41, 5.74) is 2.50. The summed E-state index contributed by atoms with van der Waals surface area (Å²) in [5.74, 6) is 0.292. The molecular weight excluding hydrogens is 406 g/mol. The Bertz CT molecular complexity index is 745. The first kappa shape index (κ1) is 25.9. The van der Waals surface area contributed by atoms with E-state index in [2.05, 4.69) is 24.3 Å². The molecule has 1 aliphatic heterocycles. The van der Waals surface area contributed by atoms with Crippen molar-refractivity contribution in [3.05, 3.63) is 47.2 Å². The number of rotatable bonds is 15. The van der Waals surface area contributed by atoms with Gasteiger partial charge in [-0.1, -0.05) is 37.1 Å². The zero-order valence-electron chi connectivity index (χ0n) is 19.7. The van der Waals surface area contributed by atoms with Gasteiger partial charge in [-0.25, -0.2) is 0 Å². The van der Waals surface area contributed by atoms with Crippen LogP contribution < -0.4 is 0 Å². The topological polar surface area (TPSA) is 76.1 Å². The summed E-state index contributed by atoms with van der Waals surface area (Å²) in [6.45, 7) is 3.60. The molecule has 0 aliphatic carbocycles. The van der Waals surface area contributed by atoms with Crippen LogP contribution >= 0.6 is 0 Å². The molecule has 1 heterocycles. The number of esters is 1. The number of carbonyl (C=O) groups excluding carboxylic acids is 2. The first-order valence-corrected chi connectivity index (χ1v) is 12.0. The molecule has 1 N–H and O–H groups in total. The molecule has 1 aromatic carbocycles. The van der Waals surface area contributed by atoms with Crippen molar-refractivity contribution >= 4 is 11.9 Å². The van der Waals surface area contributed by atoms with E-state index in [1.807, 2.05) is 17.9 Å². The van der Waals surface area contributed by atoms with Crippen molar-refractivity contribution in [3.63, 3.8) is 0 Å². The van der Waals surface area contributed by atoms with Crippen LogP contribution in [0.4, 0.5) is 0 Å². The van der Waals surface area contributed by atoms with Crippen LogP contribution in [-0.2, 0) is 31.9 Å². The van der Waals surface area contributed by atoms with Crippen LogP contribution in [0.2, 0.25) is 0 Å². The number of hydrogen-bond donors (Lipinski definition) is 1. The maximum Gasteiger partial charge on any atom is 0.305 e. The normalized spacial score (nSPS) is 16.6. The number of amides is 1. The lowest BCUT2D eigenvalue weighted by molar-refractivity contribution is -0.143. The van der Waals surface area contributed by atoms with Crippen molar-refractivity contribution in [1.82, 2.24) is 4.90 Å². The Morgan fingerprint density at radius 3 is 2.69 bits per heavy atom. The van der Waals surface area contributed by atoms with Gasteiger partial charge in [-0.2, -0.15) is 0 Å². The highest BCUT2D eigenvalue weighted by Crippen LogP contribution is 2.25. The minimum absolute atomic E-state index is 0.118. The molecule has 32 heavy (non-hydrogen) atoms. The molecule has 6 heteroatoms. The molecular formula is C26H39NO5. The molecule has 1 saturated heterocycles. The second kappa shape index (κ2) is 14.7. The molecule has 178 valence electrons. The number of aliphatic hydroxyl groups is 1. The van der Waals surface area contributed by atoms with E-state index in [1.165, 1.54) is 11.1 Å². The van der Waals surface area contributed by atoms with Crippen LogP contribution in [0.5, 0.6) is 0 Å². The van der Waals surface area contributed by atoms with Gasteiger partial charge in [-0.05, 0) is 62.7 Å². The molecule has 0 spiro atoms. The molecule has 1 amide bonds. The first-order chi connectivity index (χ1) is 15.5. The number of unbranched alkanes of at least 4 members (excludes halogenated alkanes) is 3. The van der Waals surface area contributed by atoms with E-state index in [0.717, 1.165) is 44.9 Å². The number of carbonyl (C=O) groups is 2. The molecule has 1 unspecified atom stereocenters. The second-order valence-corrected chi connectivity index (χ2v) is 8.34. The number of likely N-dealkylation sites (tertiary alicyclic amines) is 1. The number of hydrogen-bond acceptors (Lipinski definition) is 5. The number of benzene rings is 1. The van der Waals surface area contributed by atoms with Gasteiger partial charge in [0.2, 0.25) is 5.91 Å². The third kappa shape index (κ3) is 9.03. The van der Waals surface area contributed by atoms with E-state index in [-0.39, 0.29) is 17.9 Å². The maximum atomic E-state index is 12.3. The van der Waals surface area contributed by atoms with E-state index in [0.29, 0.717) is 44.8 Å². The van der Waals surface area contributed by atoms with E-state index in [4.69, 9.17) is 9.47 Å². The Balaban J connectivity index is 1.75. The van der Waals surface area contributed by atoms with Gasteiger partial charge in [0.15, 0.2) is 0 Å². The van der Waals surface area contributed by atoms with Gasteiger partial charge in [0.25, 0.3) is 0 Å². The highest BCUT2D eigenvalue weighted by molar-refractivity contribution is 5.79. The molecule has 1 aliphatic rings. The lowest BCUT2D eigenvalue weighted by Gasteiger charge is -2.24. The Morgan fingerprint density at radius 2 is 1.94 bits per heavy atom. The molecule has 2 rings (SSSR count). The fraction of sp³-hybridized carbons (Fsp3) is 0.615. The van der Waals surface area contributed by atoms with Crippen LogP contribution in [0.3, 0.4) is 0 Å². The van der Waals surface area contributed by atoms with Crippen LogP contribution in [0, 0.1) is 0 Å². The van der Waals surface area contributed by atoms with E-state index < -0.39 is 0 Å². The number of allylic oxidation sites excluding steroid dienone is 1. The number of nitrogens with zero attached hydrogens (tertiary/aromatic N) is 1. The van der Waals surface area contributed by atoms with Crippen molar-refractivity contribution in [3.8, 4) is 0 Å². The summed E-state index contributed by atoms with van der Waals surface area (Å²) >= 11 is 0. The number of methoxy groups -OCH3 is 1. The van der Waals surface area contributed by atoms with E-state index in [9.17, 15) is 14.7 Å². The monoisotopic (exact) mass is 445 g/mol. The highest BCUT2D eigenvalue weighted by atomic mass is 16.5. The highest BCUT2D eigenvalue weighted by Gasteiger charge is 2.32. The summed E-state index contributed by atoms with van der Waals surface area (Å²) in [4.78, 5) is 25.5. The van der Waals surface area contributed by atoms with Gasteiger partial charge in [-0.15, -0.1) is 0 Å². The number of aliphatic hydroxyl groups excluding tert-OH is 1. The fourth-order valence-corrected chi connectivity index (χ4v) is 4.14. The SMILES string of the molecule is CCOC(=O)CCCCCCN1C(=O)CCC1/C(O)=C/CCc1cccc(CCOC)c1. The lowest BCUT2D eigenvalue weighted by Crippen LogP contribution is -2.35. The summed E-state index contributed by atoms with van der Waals surface area (Å²) in [5, 5.41) is 10.6. The summed E-state index contributed by atoms with van der Waals surface area (Å²) in [7, 11) is 1.71. The first-order valence-electron chi connectivity index (χ1n) is 12.0. The zero-order chi connectivity index (χ0) is 23.2. The van der Waals surface area contributed by atoms with Crippen LogP contribution in [0.1, 0.15) is 69.4 Å². The molecule has 0 aromatic heterocycles. The maximum absolute atomic E-state index is 12.3. The molecule has 0 bridgehead atoms. The predicted molar refractivity (Wildman–Crippen MR) is 126 cm³/mol. The molecule has 0 radical (unpaired) electrons. The number of ether oxygens (including phenoxy) is 2. The zero-order valence-corrected chi connectivity index (χ0v) is 19.7. The Hall–Kier alpha value is -2.34. The minimum Gasteiger partial charge on any atom is -0.510 e. The molecule has 0 saturated carbocycles. The largest absolute Gasteiger partial charge is 0.510 e. The van der Waals surface area contributed by atoms with E-state index in [1.54, 1.807) is 7.11 Å². The molecule has 1 atom stereocenters. The third-order valence-electron chi connectivity index (χ3n) is 5.88. The van der Waals surface area contributed by atoms with Crippen molar-refractivity contribution < 1.29 is 24.2 Å². The average molecular weight is 446 g/mol. The second-order valence-electron chi connectivity index (χ2n) is 8.34. The van der Waals surface area contributed by atoms with Gasteiger partial charge in [0.05, 0.1) is 19.3 Å². The Kier molecular flexibility index (Phi) is 11.9. The average Bonchev–Trinajstić information content (AvgIpc) is 3.15. The quantitative estimate of drug-likeness (QED) is 0.239. The van der Waals surface area contributed by atoms with Crippen LogP contribution in [-0.4, -0.2) is 54.8 Å². The van der Waals surface area contributed by atoms with Crippen molar-refractivity contribution in [1.29, 1.82) is 0 Å². The van der Waals surface area contributed by atoms with Crippen molar-refractivity contribution in [2.75, 3.05) is 26.9 Å². The van der Waals surface area contributed by atoms with Crippen LogP contribution in [0.25, 0.3) is 0 Å². The minimum atomic E-state index is -0.199. The van der Waals surface area contributed by atoms with Gasteiger partial charge >= 0.3 is 5.97 Å². The standard InChI is InChI=1S/C26H39NO5/c1-3-32-26(30)14-6-4-5-7-18-27-23(15-16-25(27)29)24(28)13-9-12-21-10-8-11-22(20-21)17-19-31-2/h8,10-11,13,20,23,28H,3-7,9,12,14-19H2,1-2H3/b24-13-. The van der Waals surface area contributed by atoms with Gasteiger partial charge in [-0.3, -0.25) is 9.59 Å². The Labute approximate surface area is 192 Å². The fourth-order valence-electron chi connectivity index (χ4n) is 4.14. The lowest BCUT2D eigenvalue weighted by atomic mass is 10.0. The molecule has 1 aromatic rings. The smallest absolute Gasteiger partial charge is 0.305 e. The number of aryl methyl sites for hydroxylation is 1. The third-order valence-corrected chi connectivity index (χ3v) is 5.88. The summed E-state index contributed by atoms with van der Waals surface area (Å²) in [6.07, 6.45) is 9.58. The summed E-state index contributed by atoms with van der Waals surface area (Å²) < 4.78 is 10.1. The van der Waals surface area contributed by atoms with Gasteiger partial charge < -0.3 is 19.5 Å². The Morgan fingerprint density at radius 1 is 1.19 bits per heavy atom. The van der Waals surface area contributed by atoms with Crippen molar-refractivity contribution in [2.24, 2.45) is 0 Å². The predicted octanol–water partition coefficient (Wildman–Crippen LogP) is 4.75. The summed E-state index contributed by atoms with van der Waals surface area (Å²) in [6, 6.07) is 8.27. The van der Waals surface area contributed by atoms with Gasteiger partial charge in [0.1, 0.15) is 5.76 Å². The molecule has 6 nitrogen and oxygen atoms in total.